The summed E-state index contributed by atoms with van der Waals surface area (Å²) in [7, 11) is 0. The van der Waals surface area contributed by atoms with E-state index in [0.717, 1.165) is 50.6 Å². The molecule has 0 spiro atoms. The van der Waals surface area contributed by atoms with Gasteiger partial charge in [-0.1, -0.05) is 6.92 Å². The first-order valence-corrected chi connectivity index (χ1v) is 14.0. The number of rotatable bonds is 6. The topological polar surface area (TPSA) is 126 Å². The lowest BCUT2D eigenvalue weighted by Gasteiger charge is -2.62. The zero-order chi connectivity index (χ0) is 25.8. The third-order valence-electron chi connectivity index (χ3n) is 10.2. The van der Waals surface area contributed by atoms with Crippen LogP contribution in [0.15, 0.2) is 12.7 Å². The van der Waals surface area contributed by atoms with Gasteiger partial charge in [0.05, 0.1) is 25.1 Å². The second-order valence-electron chi connectivity index (χ2n) is 12.0. The summed E-state index contributed by atoms with van der Waals surface area (Å²) >= 11 is 0. The quantitative estimate of drug-likeness (QED) is 0.539. The fourth-order valence-electron chi connectivity index (χ4n) is 8.39. The molecule has 37 heavy (non-hydrogen) atoms. The molecule has 3 N–H and O–H groups in total. The van der Waals surface area contributed by atoms with Crippen molar-refractivity contribution in [3.8, 4) is 0 Å². The summed E-state index contributed by atoms with van der Waals surface area (Å²) in [5.41, 5.74) is 1.38. The van der Waals surface area contributed by atoms with Gasteiger partial charge in [-0.05, 0) is 75.0 Å². The summed E-state index contributed by atoms with van der Waals surface area (Å²) in [6.07, 6.45) is 11.3. The zero-order valence-electron chi connectivity index (χ0n) is 22.0. The zero-order valence-corrected chi connectivity index (χ0v) is 22.0. The van der Waals surface area contributed by atoms with E-state index in [0.29, 0.717) is 54.6 Å². The largest absolute Gasteiger partial charge is 0.395 e. The summed E-state index contributed by atoms with van der Waals surface area (Å²) in [5, 5.41) is 22.3. The van der Waals surface area contributed by atoms with Crippen LogP contribution < -0.4 is 10.2 Å². The van der Waals surface area contributed by atoms with Crippen molar-refractivity contribution in [2.45, 2.75) is 83.1 Å². The number of nitrogens with zero attached hydrogens (tertiary/aromatic N) is 5. The minimum absolute atomic E-state index is 0.0357. The van der Waals surface area contributed by atoms with Gasteiger partial charge in [-0.2, -0.15) is 0 Å². The van der Waals surface area contributed by atoms with Crippen LogP contribution in [0.3, 0.4) is 0 Å². The molecule has 1 amide bonds. The van der Waals surface area contributed by atoms with E-state index in [1.165, 1.54) is 6.33 Å². The van der Waals surface area contributed by atoms with Gasteiger partial charge in [0.25, 0.3) is 0 Å². The van der Waals surface area contributed by atoms with Gasteiger partial charge >= 0.3 is 0 Å². The number of imidazole rings is 1. The van der Waals surface area contributed by atoms with E-state index >= 15 is 0 Å². The van der Waals surface area contributed by atoms with Gasteiger partial charge in [0, 0.05) is 25.6 Å². The van der Waals surface area contributed by atoms with Crippen LogP contribution in [0, 0.1) is 23.2 Å². The van der Waals surface area contributed by atoms with E-state index in [-0.39, 0.29) is 36.4 Å². The smallest absolute Gasteiger partial charge is 0.220 e. The van der Waals surface area contributed by atoms with Crippen LogP contribution in [-0.4, -0.2) is 73.6 Å². The molecule has 4 heterocycles. The van der Waals surface area contributed by atoms with Gasteiger partial charge in [-0.15, -0.1) is 0 Å². The van der Waals surface area contributed by atoms with E-state index in [4.69, 9.17) is 4.74 Å². The molecule has 7 atom stereocenters. The second kappa shape index (κ2) is 9.47. The van der Waals surface area contributed by atoms with Crippen LogP contribution >= 0.6 is 0 Å². The summed E-state index contributed by atoms with van der Waals surface area (Å²) < 4.78 is 9.00. The highest BCUT2D eigenvalue weighted by Gasteiger charge is 2.59. The predicted octanol–water partition coefficient (Wildman–Crippen LogP) is 2.41. The third kappa shape index (κ3) is 4.03. The summed E-state index contributed by atoms with van der Waals surface area (Å²) in [5.74, 6) is 2.63. The molecule has 0 aromatic carbocycles. The Morgan fingerprint density at radius 2 is 1.86 bits per heavy atom. The van der Waals surface area contributed by atoms with Crippen LogP contribution in [0.5, 0.6) is 0 Å². The number of fused-ring (bicyclic) bond motifs is 6. The van der Waals surface area contributed by atoms with Crippen molar-refractivity contribution in [2.75, 3.05) is 31.2 Å². The Kier molecular flexibility index (Phi) is 6.40. The molecule has 2 aliphatic carbocycles. The first kappa shape index (κ1) is 25.0. The van der Waals surface area contributed by atoms with E-state index in [1.54, 1.807) is 6.33 Å². The van der Waals surface area contributed by atoms with Crippen molar-refractivity contribution in [2.24, 2.45) is 23.2 Å². The highest BCUT2D eigenvalue weighted by molar-refractivity contribution is 5.83. The van der Waals surface area contributed by atoms with Gasteiger partial charge in [-0.25, -0.2) is 15.0 Å². The second-order valence-corrected chi connectivity index (χ2v) is 12.0. The number of hydrogen-bond donors (Lipinski definition) is 3. The first-order valence-electron chi connectivity index (χ1n) is 14.0. The van der Waals surface area contributed by atoms with Crippen molar-refractivity contribution < 1.29 is 19.7 Å². The fraction of sp³-hybridized carbons (Fsp3) is 0.778. The number of aliphatic hydroxyl groups excluding tert-OH is 2. The summed E-state index contributed by atoms with van der Waals surface area (Å²) in [6.45, 7) is 5.39. The van der Waals surface area contributed by atoms with Gasteiger partial charge in [-0.3, -0.25) is 9.36 Å². The summed E-state index contributed by atoms with van der Waals surface area (Å²) in [6, 6.07) is 0.319. The van der Waals surface area contributed by atoms with Crippen molar-refractivity contribution >= 4 is 22.9 Å². The number of hydrogen-bond acceptors (Lipinski definition) is 8. The molecule has 2 saturated heterocycles. The number of ether oxygens (including phenoxy) is 1. The monoisotopic (exact) mass is 512 g/mol. The highest BCUT2D eigenvalue weighted by Crippen LogP contribution is 2.61. The maximum absolute atomic E-state index is 12.1. The van der Waals surface area contributed by atoms with Crippen LogP contribution in [-0.2, 0) is 9.53 Å². The van der Waals surface area contributed by atoms with Gasteiger partial charge in [0.15, 0.2) is 17.0 Å². The molecular formula is C27H40N6O4. The number of piperidine rings is 1. The molecule has 6 rings (SSSR count). The molecule has 202 valence electrons. The lowest BCUT2D eigenvalue weighted by molar-refractivity contribution is -0.231. The van der Waals surface area contributed by atoms with Crippen LogP contribution in [0.1, 0.15) is 71.4 Å². The number of nitrogens with one attached hydrogen (secondary N) is 1. The van der Waals surface area contributed by atoms with Gasteiger partial charge < -0.3 is 25.2 Å². The van der Waals surface area contributed by atoms with Crippen molar-refractivity contribution in [1.29, 1.82) is 0 Å². The lowest BCUT2D eigenvalue weighted by atomic mass is 9.48. The maximum atomic E-state index is 12.1. The SMILES string of the molecule is C[C@]12CCC(=O)N[C@@H]1CC[C@@H]1[C@@H]2CC[C@]2(C)O[C@H](n3cnc4c(N(CCO)CCO)ncnc43)CC[C@@H]12. The molecule has 4 fully saturated rings. The lowest BCUT2D eigenvalue weighted by Crippen LogP contribution is -2.63. The van der Waals surface area contributed by atoms with Gasteiger partial charge in [0.1, 0.15) is 12.6 Å². The Bertz CT molecular complexity index is 1150. The minimum atomic E-state index is -0.197. The van der Waals surface area contributed by atoms with Crippen LogP contribution in [0.2, 0.25) is 0 Å². The first-order chi connectivity index (χ1) is 17.9. The van der Waals surface area contributed by atoms with E-state index in [2.05, 4.69) is 34.1 Å². The molecule has 10 heteroatoms. The predicted molar refractivity (Wildman–Crippen MR) is 138 cm³/mol. The van der Waals surface area contributed by atoms with E-state index in [9.17, 15) is 15.0 Å². The molecule has 2 aromatic rings. The normalized spacial score (nSPS) is 37.4. The number of aromatic nitrogens is 4. The average molecular weight is 513 g/mol. The molecule has 4 aliphatic rings. The standard InChI is InChI=1S/C27H40N6O4/c1-26-9-8-21(36)31-20(26)5-3-17-18(26)7-10-27(2)19(17)4-6-22(37-27)33-16-30-23-24(28-15-29-25(23)33)32(11-13-34)12-14-35/h15-20,22,34-35H,3-14H2,1-2H3,(H,31,36)/t17-,18+,19+,20-,22+,26-,27+/m1/s1. The molecule has 0 unspecified atom stereocenters. The number of amides is 1. The minimum Gasteiger partial charge on any atom is -0.395 e. The van der Waals surface area contributed by atoms with Crippen LogP contribution in [0.4, 0.5) is 5.82 Å². The summed E-state index contributed by atoms with van der Waals surface area (Å²) in [4.78, 5) is 27.6. The molecule has 10 nitrogen and oxygen atoms in total. The Balaban J connectivity index is 1.24. The molecule has 2 aliphatic heterocycles. The Hall–Kier alpha value is -2.30. The molecule has 2 aromatic heterocycles. The molecule has 0 bridgehead atoms. The number of carbonyl (C=O) groups is 1. The molecule has 0 radical (unpaired) electrons. The van der Waals surface area contributed by atoms with Crippen molar-refractivity contribution in [3.05, 3.63) is 12.7 Å². The van der Waals surface area contributed by atoms with Crippen molar-refractivity contribution in [1.82, 2.24) is 24.8 Å². The number of carbonyl (C=O) groups excluding carboxylic acids is 1. The van der Waals surface area contributed by atoms with E-state index in [1.807, 2.05) is 9.47 Å². The Morgan fingerprint density at radius 3 is 2.65 bits per heavy atom. The molecular weight excluding hydrogens is 472 g/mol. The highest BCUT2D eigenvalue weighted by atomic mass is 16.5. The van der Waals surface area contributed by atoms with Gasteiger partial charge in [0.2, 0.25) is 5.91 Å². The number of aliphatic hydroxyl groups is 2. The van der Waals surface area contributed by atoms with Crippen LogP contribution in [0.25, 0.3) is 11.2 Å². The molecule has 2 saturated carbocycles. The maximum Gasteiger partial charge on any atom is 0.220 e. The fourth-order valence-corrected chi connectivity index (χ4v) is 8.39. The average Bonchev–Trinajstić information content (AvgIpc) is 3.32. The Morgan fingerprint density at radius 1 is 1.05 bits per heavy atom. The van der Waals surface area contributed by atoms with E-state index < -0.39 is 0 Å². The third-order valence-corrected chi connectivity index (χ3v) is 10.2. The number of anilines is 1. The van der Waals surface area contributed by atoms with Crippen molar-refractivity contribution in [3.63, 3.8) is 0 Å². The Labute approximate surface area is 217 Å².